The number of likely N-dealkylation sites (N-methyl/N-ethyl adjacent to an activating group) is 1. The summed E-state index contributed by atoms with van der Waals surface area (Å²) in [6.45, 7) is 4.09. The van der Waals surface area contributed by atoms with Crippen molar-refractivity contribution in [1.29, 1.82) is 0 Å². The van der Waals surface area contributed by atoms with Gasteiger partial charge in [-0.3, -0.25) is 0 Å². The van der Waals surface area contributed by atoms with Crippen molar-refractivity contribution in [2.75, 3.05) is 19.7 Å². The molecule has 3 rings (SSSR count). The number of hydrogen-bond acceptors (Lipinski definition) is 4. The average molecular weight is 332 g/mol. The summed E-state index contributed by atoms with van der Waals surface area (Å²) in [5.74, 6) is 1.49. The van der Waals surface area contributed by atoms with Crippen LogP contribution in [-0.2, 0) is 6.54 Å². The van der Waals surface area contributed by atoms with E-state index in [2.05, 4.69) is 5.32 Å². The molecule has 2 amide bonds. The molecule has 23 heavy (non-hydrogen) atoms. The standard InChI is InChI=1S/C17H20N2O3S/c1-2-19(17(20)18-10-14-6-5-9-23-14)11-13-12-21-15-7-3-4-8-16(15)22-13/h3-9,13H,2,10-12H2,1H3,(H,18,20). The summed E-state index contributed by atoms with van der Waals surface area (Å²) < 4.78 is 11.6. The molecule has 2 heterocycles. The fourth-order valence-electron chi connectivity index (χ4n) is 2.44. The van der Waals surface area contributed by atoms with Crippen LogP contribution in [0.15, 0.2) is 41.8 Å². The number of rotatable bonds is 5. The zero-order valence-electron chi connectivity index (χ0n) is 13.0. The first-order valence-corrected chi connectivity index (χ1v) is 8.58. The molecule has 0 saturated carbocycles. The normalized spacial score (nSPS) is 16.0. The van der Waals surface area contributed by atoms with Crippen LogP contribution in [0.4, 0.5) is 4.79 Å². The Kier molecular flexibility index (Phi) is 5.02. The topological polar surface area (TPSA) is 50.8 Å². The molecule has 0 spiro atoms. The monoisotopic (exact) mass is 332 g/mol. The summed E-state index contributed by atoms with van der Waals surface area (Å²) in [7, 11) is 0. The van der Waals surface area contributed by atoms with Gasteiger partial charge in [0.15, 0.2) is 17.6 Å². The highest BCUT2D eigenvalue weighted by Gasteiger charge is 2.24. The number of nitrogens with one attached hydrogen (secondary N) is 1. The zero-order valence-corrected chi connectivity index (χ0v) is 13.8. The number of benzene rings is 1. The number of thiophene rings is 1. The maximum absolute atomic E-state index is 12.3. The fourth-order valence-corrected chi connectivity index (χ4v) is 3.09. The Bertz CT molecular complexity index is 645. The summed E-state index contributed by atoms with van der Waals surface area (Å²) in [6.07, 6.45) is -0.155. The van der Waals surface area contributed by atoms with Crippen LogP contribution in [0, 0.1) is 0 Å². The van der Waals surface area contributed by atoms with Gasteiger partial charge in [-0.25, -0.2) is 4.79 Å². The lowest BCUT2D eigenvalue weighted by Gasteiger charge is -2.30. The molecule has 1 atom stereocenters. The van der Waals surface area contributed by atoms with Crippen LogP contribution in [0.5, 0.6) is 11.5 Å². The van der Waals surface area contributed by atoms with Gasteiger partial charge in [0.05, 0.1) is 13.1 Å². The second-order valence-corrected chi connectivity index (χ2v) is 6.31. The number of nitrogens with zero attached hydrogens (tertiary/aromatic N) is 1. The largest absolute Gasteiger partial charge is 0.486 e. The lowest BCUT2D eigenvalue weighted by molar-refractivity contribution is 0.0675. The van der Waals surface area contributed by atoms with E-state index in [1.165, 1.54) is 0 Å². The molecule has 1 aromatic carbocycles. The van der Waals surface area contributed by atoms with Crippen molar-refractivity contribution in [1.82, 2.24) is 10.2 Å². The zero-order chi connectivity index (χ0) is 16.1. The van der Waals surface area contributed by atoms with Crippen molar-refractivity contribution in [3.05, 3.63) is 46.7 Å². The molecular weight excluding hydrogens is 312 g/mol. The van der Waals surface area contributed by atoms with E-state index in [0.29, 0.717) is 26.2 Å². The fraction of sp³-hybridized carbons (Fsp3) is 0.353. The molecule has 122 valence electrons. The molecule has 1 N–H and O–H groups in total. The van der Waals surface area contributed by atoms with E-state index in [0.717, 1.165) is 16.4 Å². The molecule has 0 bridgehead atoms. The molecule has 5 nitrogen and oxygen atoms in total. The second-order valence-electron chi connectivity index (χ2n) is 5.27. The van der Waals surface area contributed by atoms with Crippen LogP contribution in [0.25, 0.3) is 0 Å². The lowest BCUT2D eigenvalue weighted by Crippen LogP contribution is -2.47. The molecule has 2 aromatic rings. The van der Waals surface area contributed by atoms with Crippen LogP contribution in [0.3, 0.4) is 0 Å². The Labute approximate surface area is 139 Å². The number of carbonyl (C=O) groups is 1. The summed E-state index contributed by atoms with van der Waals surface area (Å²) in [5.41, 5.74) is 0. The van der Waals surface area contributed by atoms with Gasteiger partial charge in [0.25, 0.3) is 0 Å². The van der Waals surface area contributed by atoms with Crippen molar-refractivity contribution in [3.8, 4) is 11.5 Å². The number of amides is 2. The van der Waals surface area contributed by atoms with Gasteiger partial charge in [-0.15, -0.1) is 11.3 Å². The van der Waals surface area contributed by atoms with E-state index in [4.69, 9.17) is 9.47 Å². The molecule has 0 saturated heterocycles. The van der Waals surface area contributed by atoms with Crippen LogP contribution in [-0.4, -0.2) is 36.7 Å². The van der Waals surface area contributed by atoms with Crippen LogP contribution < -0.4 is 14.8 Å². The van der Waals surface area contributed by atoms with E-state index in [9.17, 15) is 4.79 Å². The van der Waals surface area contributed by atoms with Gasteiger partial charge in [-0.1, -0.05) is 18.2 Å². The summed E-state index contributed by atoms with van der Waals surface area (Å²) >= 11 is 1.63. The van der Waals surface area contributed by atoms with Gasteiger partial charge < -0.3 is 19.7 Å². The van der Waals surface area contributed by atoms with Gasteiger partial charge in [-0.2, -0.15) is 0 Å². The molecule has 0 aliphatic carbocycles. The predicted molar refractivity (Wildman–Crippen MR) is 90.2 cm³/mol. The second kappa shape index (κ2) is 7.37. The molecule has 0 fully saturated rings. The van der Waals surface area contributed by atoms with Crippen LogP contribution in [0.2, 0.25) is 0 Å². The highest BCUT2D eigenvalue weighted by atomic mass is 32.1. The summed E-state index contributed by atoms with van der Waals surface area (Å²) in [4.78, 5) is 15.2. The minimum absolute atomic E-state index is 0.0802. The third-order valence-electron chi connectivity index (χ3n) is 3.65. The van der Waals surface area contributed by atoms with Gasteiger partial charge >= 0.3 is 6.03 Å². The van der Waals surface area contributed by atoms with Crippen molar-refractivity contribution in [2.24, 2.45) is 0 Å². The highest BCUT2D eigenvalue weighted by molar-refractivity contribution is 7.09. The first-order valence-electron chi connectivity index (χ1n) is 7.70. The Morgan fingerprint density at radius 2 is 2.13 bits per heavy atom. The van der Waals surface area contributed by atoms with Crippen molar-refractivity contribution in [3.63, 3.8) is 0 Å². The molecular formula is C17H20N2O3S. The molecule has 0 radical (unpaired) electrons. The number of ether oxygens (including phenoxy) is 2. The number of urea groups is 1. The number of hydrogen-bond donors (Lipinski definition) is 1. The molecule has 6 heteroatoms. The maximum Gasteiger partial charge on any atom is 0.317 e. The van der Waals surface area contributed by atoms with E-state index >= 15 is 0 Å². The minimum Gasteiger partial charge on any atom is -0.486 e. The van der Waals surface area contributed by atoms with Crippen molar-refractivity contribution in [2.45, 2.75) is 19.6 Å². The number of fused-ring (bicyclic) bond motifs is 1. The summed E-state index contributed by atoms with van der Waals surface area (Å²) in [6, 6.07) is 11.5. The SMILES string of the molecule is CCN(CC1COc2ccccc2O1)C(=O)NCc1cccs1. The lowest BCUT2D eigenvalue weighted by atomic mass is 10.2. The quantitative estimate of drug-likeness (QED) is 0.915. The average Bonchev–Trinajstić information content (AvgIpc) is 3.11. The molecule has 1 unspecified atom stereocenters. The van der Waals surface area contributed by atoms with Gasteiger partial charge in [0.2, 0.25) is 0 Å². The predicted octanol–water partition coefficient (Wildman–Crippen LogP) is 3.12. The summed E-state index contributed by atoms with van der Waals surface area (Å²) in [5, 5.41) is 4.95. The van der Waals surface area contributed by atoms with Crippen molar-refractivity contribution < 1.29 is 14.3 Å². The van der Waals surface area contributed by atoms with E-state index in [1.807, 2.05) is 48.7 Å². The maximum atomic E-state index is 12.3. The van der Waals surface area contributed by atoms with Gasteiger partial charge in [0, 0.05) is 11.4 Å². The molecule has 1 aromatic heterocycles. The molecule has 1 aliphatic heterocycles. The highest BCUT2D eigenvalue weighted by Crippen LogP contribution is 2.30. The van der Waals surface area contributed by atoms with E-state index in [1.54, 1.807) is 16.2 Å². The Balaban J connectivity index is 1.54. The number of para-hydroxylation sites is 2. The minimum atomic E-state index is -0.155. The Morgan fingerprint density at radius 1 is 1.30 bits per heavy atom. The van der Waals surface area contributed by atoms with Gasteiger partial charge in [0.1, 0.15) is 6.61 Å². The third-order valence-corrected chi connectivity index (χ3v) is 4.53. The van der Waals surface area contributed by atoms with Crippen LogP contribution >= 0.6 is 11.3 Å². The first kappa shape index (κ1) is 15.7. The van der Waals surface area contributed by atoms with E-state index in [-0.39, 0.29) is 12.1 Å². The number of carbonyl (C=O) groups excluding carboxylic acids is 1. The Morgan fingerprint density at radius 3 is 2.87 bits per heavy atom. The van der Waals surface area contributed by atoms with E-state index < -0.39 is 0 Å². The van der Waals surface area contributed by atoms with Gasteiger partial charge in [-0.05, 0) is 30.5 Å². The smallest absolute Gasteiger partial charge is 0.317 e. The first-order chi connectivity index (χ1) is 11.3. The van der Waals surface area contributed by atoms with Crippen LogP contribution in [0.1, 0.15) is 11.8 Å². The molecule has 1 aliphatic rings. The third kappa shape index (κ3) is 3.96. The Hall–Kier alpha value is -2.21. The van der Waals surface area contributed by atoms with Crippen molar-refractivity contribution >= 4 is 17.4 Å².